The molecule has 21 heavy (non-hydrogen) atoms. The average molecular weight is 413 g/mol. The molecular weight excluding hydrogens is 405 g/mol. The Labute approximate surface area is 136 Å². The lowest BCUT2D eigenvalue weighted by molar-refractivity contribution is 0.629. The largest absolute Gasteiger partial charge is 0.399 e. The molecule has 0 fully saturated rings. The van der Waals surface area contributed by atoms with E-state index >= 15 is 0 Å². The van der Waals surface area contributed by atoms with E-state index in [0.717, 1.165) is 8.95 Å². The van der Waals surface area contributed by atoms with Crippen LogP contribution in [0.15, 0.2) is 45.3 Å². The number of aromatic nitrogens is 4. The number of nitrogens with zero attached hydrogens (tertiary/aromatic N) is 4. The zero-order valence-electron chi connectivity index (χ0n) is 10.5. The molecule has 0 bridgehead atoms. The van der Waals surface area contributed by atoms with E-state index in [9.17, 15) is 4.39 Å². The molecule has 3 rings (SSSR count). The number of hydrogen-bond donors (Lipinski definition) is 1. The summed E-state index contributed by atoms with van der Waals surface area (Å²) in [6.07, 6.45) is 0. The summed E-state index contributed by atoms with van der Waals surface area (Å²) in [5.74, 6) is -0.162. The predicted molar refractivity (Wildman–Crippen MR) is 84.4 cm³/mol. The third kappa shape index (κ3) is 2.68. The Morgan fingerprint density at radius 2 is 1.90 bits per heavy atom. The van der Waals surface area contributed by atoms with Crippen LogP contribution in [0.3, 0.4) is 0 Å². The second-order valence-corrected chi connectivity index (χ2v) is 6.02. The monoisotopic (exact) mass is 411 g/mol. The van der Waals surface area contributed by atoms with Crippen LogP contribution in [0.1, 0.15) is 0 Å². The first-order valence-corrected chi connectivity index (χ1v) is 7.44. The highest BCUT2D eigenvalue weighted by Gasteiger charge is 2.17. The van der Waals surface area contributed by atoms with Gasteiger partial charge in [-0.1, -0.05) is 15.9 Å². The van der Waals surface area contributed by atoms with Gasteiger partial charge in [-0.3, -0.25) is 0 Å². The van der Waals surface area contributed by atoms with Gasteiger partial charge < -0.3 is 5.73 Å². The van der Waals surface area contributed by atoms with Crippen molar-refractivity contribution in [2.75, 3.05) is 5.73 Å². The van der Waals surface area contributed by atoms with E-state index in [0.29, 0.717) is 11.4 Å². The fraction of sp³-hybridized carbons (Fsp3) is 0. The van der Waals surface area contributed by atoms with Crippen LogP contribution in [-0.4, -0.2) is 20.2 Å². The molecule has 0 atom stereocenters. The molecule has 106 valence electrons. The first kappa shape index (κ1) is 14.2. The normalized spacial score (nSPS) is 10.8. The Bertz CT molecular complexity index is 752. The molecular formula is C13H8Br2FN5. The number of anilines is 1. The average Bonchev–Trinajstić information content (AvgIpc) is 2.93. The first-order valence-electron chi connectivity index (χ1n) is 5.85. The summed E-state index contributed by atoms with van der Waals surface area (Å²) in [5, 5.41) is 11.5. The molecule has 0 amide bonds. The fourth-order valence-electron chi connectivity index (χ4n) is 1.88. The molecule has 0 aliphatic carbocycles. The molecule has 0 spiro atoms. The molecule has 1 heterocycles. The van der Waals surface area contributed by atoms with Crippen molar-refractivity contribution in [3.63, 3.8) is 0 Å². The minimum atomic E-state index is -0.439. The maximum Gasteiger partial charge on any atom is 0.190 e. The van der Waals surface area contributed by atoms with Gasteiger partial charge in [0.05, 0.1) is 11.3 Å². The van der Waals surface area contributed by atoms with Gasteiger partial charge in [0, 0.05) is 14.6 Å². The van der Waals surface area contributed by atoms with Gasteiger partial charge in [-0.05, 0) is 62.8 Å². The summed E-state index contributed by atoms with van der Waals surface area (Å²) in [6.45, 7) is 0. The Kier molecular flexibility index (Phi) is 3.73. The summed E-state index contributed by atoms with van der Waals surface area (Å²) in [5.41, 5.74) is 7.08. The van der Waals surface area contributed by atoms with Crippen molar-refractivity contribution < 1.29 is 4.39 Å². The van der Waals surface area contributed by atoms with Crippen LogP contribution in [-0.2, 0) is 0 Å². The maximum absolute atomic E-state index is 14.0. The van der Waals surface area contributed by atoms with Crippen LogP contribution in [0, 0.1) is 5.82 Å². The number of benzene rings is 2. The topological polar surface area (TPSA) is 69.6 Å². The number of tetrazole rings is 1. The van der Waals surface area contributed by atoms with E-state index < -0.39 is 5.82 Å². The predicted octanol–water partition coefficient (Wildman–Crippen LogP) is 3.58. The summed E-state index contributed by atoms with van der Waals surface area (Å²) < 4.78 is 17.1. The van der Waals surface area contributed by atoms with Crippen molar-refractivity contribution in [3.8, 4) is 17.1 Å². The summed E-state index contributed by atoms with van der Waals surface area (Å²) in [6, 6.07) is 9.83. The lowest BCUT2D eigenvalue weighted by atomic mass is 10.1. The molecule has 0 unspecified atom stereocenters. The third-order valence-electron chi connectivity index (χ3n) is 2.84. The van der Waals surface area contributed by atoms with Gasteiger partial charge >= 0.3 is 0 Å². The summed E-state index contributed by atoms with van der Waals surface area (Å²) in [4.78, 5) is 0. The Morgan fingerprint density at radius 3 is 2.71 bits per heavy atom. The zero-order valence-corrected chi connectivity index (χ0v) is 13.6. The van der Waals surface area contributed by atoms with Crippen molar-refractivity contribution in [2.45, 2.75) is 0 Å². The van der Waals surface area contributed by atoms with Crippen LogP contribution in [0.2, 0.25) is 0 Å². The standard InChI is InChI=1S/C13H8Br2FN5/c14-7-1-3-10(15)12(5-7)21-13(18-19-20-21)9-6-8(17)2-4-11(9)16/h1-6H,17H2. The van der Waals surface area contributed by atoms with Crippen LogP contribution in [0.5, 0.6) is 0 Å². The van der Waals surface area contributed by atoms with Crippen molar-refractivity contribution in [1.82, 2.24) is 20.2 Å². The van der Waals surface area contributed by atoms with E-state index in [4.69, 9.17) is 5.73 Å². The first-order chi connectivity index (χ1) is 10.1. The molecule has 0 aliphatic heterocycles. The number of nitrogen functional groups attached to an aromatic ring is 1. The van der Waals surface area contributed by atoms with Crippen LogP contribution in [0.4, 0.5) is 10.1 Å². The van der Waals surface area contributed by atoms with Gasteiger partial charge in [-0.15, -0.1) is 5.10 Å². The lowest BCUT2D eigenvalue weighted by Crippen LogP contribution is -2.02. The van der Waals surface area contributed by atoms with E-state index in [1.54, 1.807) is 0 Å². The van der Waals surface area contributed by atoms with Gasteiger partial charge in [0.15, 0.2) is 5.82 Å². The van der Waals surface area contributed by atoms with Gasteiger partial charge in [-0.25, -0.2) is 4.39 Å². The highest BCUT2D eigenvalue weighted by atomic mass is 79.9. The minimum Gasteiger partial charge on any atom is -0.399 e. The quantitative estimate of drug-likeness (QED) is 0.653. The maximum atomic E-state index is 14.0. The Hall–Kier alpha value is -1.80. The number of rotatable bonds is 2. The summed E-state index contributed by atoms with van der Waals surface area (Å²) >= 11 is 6.83. The van der Waals surface area contributed by atoms with Crippen molar-refractivity contribution in [2.24, 2.45) is 0 Å². The van der Waals surface area contributed by atoms with Crippen LogP contribution < -0.4 is 5.73 Å². The van der Waals surface area contributed by atoms with E-state index in [2.05, 4.69) is 47.4 Å². The molecule has 0 radical (unpaired) electrons. The fourth-order valence-corrected chi connectivity index (χ4v) is 2.64. The zero-order chi connectivity index (χ0) is 15.0. The number of nitrogens with two attached hydrogens (primary N) is 1. The number of halogens is 3. The molecule has 2 aromatic carbocycles. The highest BCUT2D eigenvalue weighted by molar-refractivity contribution is 9.11. The van der Waals surface area contributed by atoms with Gasteiger partial charge in [0.1, 0.15) is 5.82 Å². The molecule has 5 nitrogen and oxygen atoms in total. The smallest absolute Gasteiger partial charge is 0.190 e. The van der Waals surface area contributed by atoms with E-state index in [1.165, 1.54) is 22.9 Å². The molecule has 8 heteroatoms. The molecule has 3 aromatic rings. The molecule has 0 aliphatic rings. The Morgan fingerprint density at radius 1 is 1.10 bits per heavy atom. The van der Waals surface area contributed by atoms with Gasteiger partial charge in [-0.2, -0.15) is 4.68 Å². The highest BCUT2D eigenvalue weighted by Crippen LogP contribution is 2.29. The van der Waals surface area contributed by atoms with Crippen LogP contribution in [0.25, 0.3) is 17.1 Å². The SMILES string of the molecule is Nc1ccc(F)c(-c2nnnn2-c2cc(Br)ccc2Br)c1. The van der Waals surface area contributed by atoms with Gasteiger partial charge in [0.2, 0.25) is 0 Å². The summed E-state index contributed by atoms with van der Waals surface area (Å²) in [7, 11) is 0. The number of hydrogen-bond acceptors (Lipinski definition) is 4. The van der Waals surface area contributed by atoms with Crippen molar-refractivity contribution in [1.29, 1.82) is 0 Å². The second-order valence-electron chi connectivity index (χ2n) is 4.25. The Balaban J connectivity index is 2.22. The van der Waals surface area contributed by atoms with E-state index in [-0.39, 0.29) is 11.4 Å². The second kappa shape index (κ2) is 5.53. The van der Waals surface area contributed by atoms with Crippen molar-refractivity contribution in [3.05, 3.63) is 51.2 Å². The molecule has 0 saturated heterocycles. The van der Waals surface area contributed by atoms with E-state index in [1.807, 2.05) is 18.2 Å². The van der Waals surface area contributed by atoms with Crippen molar-refractivity contribution >= 4 is 37.5 Å². The molecule has 0 saturated carbocycles. The lowest BCUT2D eigenvalue weighted by Gasteiger charge is -2.08. The third-order valence-corrected chi connectivity index (χ3v) is 4.00. The minimum absolute atomic E-state index is 0.242. The van der Waals surface area contributed by atoms with Crippen LogP contribution >= 0.6 is 31.9 Å². The molecule has 2 N–H and O–H groups in total. The molecule has 1 aromatic heterocycles. The van der Waals surface area contributed by atoms with Gasteiger partial charge in [0.25, 0.3) is 0 Å².